The molecule has 7 heteroatoms. The fourth-order valence-electron chi connectivity index (χ4n) is 2.95. The number of hydrogen-bond acceptors (Lipinski definition) is 4. The van der Waals surface area contributed by atoms with Crippen molar-refractivity contribution in [2.75, 3.05) is 0 Å². The van der Waals surface area contributed by atoms with Crippen molar-refractivity contribution < 1.29 is 9.53 Å². The molecule has 0 amide bonds. The number of carbonyl (C=O) groups excluding carboxylic acids is 1. The van der Waals surface area contributed by atoms with E-state index < -0.39 is 23.2 Å². The second kappa shape index (κ2) is 9.02. The van der Waals surface area contributed by atoms with Gasteiger partial charge in [0.15, 0.2) is 0 Å². The second-order valence-electron chi connectivity index (χ2n) is 8.26. The van der Waals surface area contributed by atoms with Crippen LogP contribution in [0.5, 0.6) is 0 Å². The van der Waals surface area contributed by atoms with Gasteiger partial charge in [-0.2, -0.15) is 5.26 Å². The average Bonchev–Trinajstić information content (AvgIpc) is 2.59. The van der Waals surface area contributed by atoms with Crippen molar-refractivity contribution in [1.82, 2.24) is 4.57 Å². The van der Waals surface area contributed by atoms with Crippen molar-refractivity contribution in [3.05, 3.63) is 56.4 Å². The number of nitrogens with zero attached hydrogens (tertiary/aromatic N) is 2. The number of carbonyl (C=O) groups is 1. The Bertz CT molecular complexity index is 1010. The maximum Gasteiger partial charge on any atom is 0.329 e. The van der Waals surface area contributed by atoms with Crippen molar-refractivity contribution in [3.63, 3.8) is 0 Å². The first kappa shape index (κ1) is 23.0. The smallest absolute Gasteiger partial charge is 0.329 e. The van der Waals surface area contributed by atoms with E-state index in [0.29, 0.717) is 28.1 Å². The van der Waals surface area contributed by atoms with Gasteiger partial charge in [-0.15, -0.1) is 0 Å². The Morgan fingerprint density at radius 1 is 1.21 bits per heavy atom. The van der Waals surface area contributed by atoms with Gasteiger partial charge in [0, 0.05) is 28.4 Å². The summed E-state index contributed by atoms with van der Waals surface area (Å²) in [5, 5.41) is 10.0. The van der Waals surface area contributed by atoms with Gasteiger partial charge < -0.3 is 4.74 Å². The lowest BCUT2D eigenvalue weighted by Crippen LogP contribution is -2.35. The molecule has 0 saturated heterocycles. The molecule has 0 spiro atoms. The summed E-state index contributed by atoms with van der Waals surface area (Å²) in [7, 11) is 0. The minimum absolute atomic E-state index is 0.149. The van der Waals surface area contributed by atoms with Crippen LogP contribution >= 0.6 is 23.2 Å². The van der Waals surface area contributed by atoms with E-state index in [1.165, 1.54) is 16.8 Å². The lowest BCUT2D eigenvalue weighted by molar-refractivity contribution is -0.159. The molecule has 0 bridgehead atoms. The van der Waals surface area contributed by atoms with E-state index in [2.05, 4.69) is 6.07 Å². The van der Waals surface area contributed by atoms with Crippen molar-refractivity contribution >= 4 is 29.2 Å². The Morgan fingerprint density at radius 2 is 1.86 bits per heavy atom. The second-order valence-corrected chi connectivity index (χ2v) is 9.10. The minimum Gasteiger partial charge on any atom is -0.458 e. The van der Waals surface area contributed by atoms with Crippen molar-refractivity contribution in [2.24, 2.45) is 5.92 Å². The fraction of sp³-hybridized carbons (Fsp3) is 0.409. The molecule has 5 nitrogen and oxygen atoms in total. The Morgan fingerprint density at radius 3 is 2.41 bits per heavy atom. The summed E-state index contributed by atoms with van der Waals surface area (Å²) in [6.45, 7) is 9.25. The zero-order chi connectivity index (χ0) is 21.9. The summed E-state index contributed by atoms with van der Waals surface area (Å²) in [6.07, 6.45) is 1.85. The molecule has 0 aliphatic carbocycles. The number of rotatable bonds is 5. The maximum absolute atomic E-state index is 12.9. The van der Waals surface area contributed by atoms with Crippen LogP contribution in [-0.4, -0.2) is 16.1 Å². The molecule has 0 saturated carbocycles. The molecule has 2 rings (SSSR count). The van der Waals surface area contributed by atoms with Gasteiger partial charge in [-0.1, -0.05) is 37.0 Å². The lowest BCUT2D eigenvalue weighted by atomic mass is 10.00. The topological polar surface area (TPSA) is 72.1 Å². The van der Waals surface area contributed by atoms with Gasteiger partial charge in [0.05, 0.1) is 16.7 Å². The van der Waals surface area contributed by atoms with Gasteiger partial charge in [-0.3, -0.25) is 9.36 Å². The monoisotopic (exact) mass is 434 g/mol. The zero-order valence-electron chi connectivity index (χ0n) is 17.1. The van der Waals surface area contributed by atoms with E-state index in [0.717, 1.165) is 0 Å². The van der Waals surface area contributed by atoms with Gasteiger partial charge in [0.2, 0.25) is 0 Å². The molecule has 1 unspecified atom stereocenters. The summed E-state index contributed by atoms with van der Waals surface area (Å²) in [4.78, 5) is 25.7. The quantitative estimate of drug-likeness (QED) is 0.572. The number of nitriles is 1. The Balaban J connectivity index is 2.59. The van der Waals surface area contributed by atoms with Gasteiger partial charge in [0.1, 0.15) is 11.6 Å². The molecule has 2 aromatic rings. The highest BCUT2D eigenvalue weighted by atomic mass is 35.5. The predicted molar refractivity (Wildman–Crippen MR) is 115 cm³/mol. The molecule has 0 aliphatic heterocycles. The zero-order valence-corrected chi connectivity index (χ0v) is 18.6. The van der Waals surface area contributed by atoms with Gasteiger partial charge in [0.25, 0.3) is 5.56 Å². The molecule has 29 heavy (non-hydrogen) atoms. The number of aromatic nitrogens is 1. The third-order valence-electron chi connectivity index (χ3n) is 4.13. The first-order chi connectivity index (χ1) is 13.4. The molecule has 154 valence electrons. The number of pyridine rings is 1. The molecule has 0 N–H and O–H groups in total. The summed E-state index contributed by atoms with van der Waals surface area (Å²) < 4.78 is 6.82. The molecular weight excluding hydrogens is 411 g/mol. The molecule has 0 radical (unpaired) electrons. The number of esters is 1. The highest BCUT2D eigenvalue weighted by molar-refractivity contribution is 6.33. The largest absolute Gasteiger partial charge is 0.458 e. The van der Waals surface area contributed by atoms with Crippen LogP contribution < -0.4 is 5.56 Å². The normalized spacial score (nSPS) is 12.5. The number of benzene rings is 1. The van der Waals surface area contributed by atoms with E-state index in [1.807, 2.05) is 13.8 Å². The standard InChI is InChI=1S/C22H24Cl2N2O3/c1-13(2)8-19(21(28)29-22(3,4)5)26-12-18(24)17(10-20(26)27)16-9-15(23)7-6-14(16)11-25/h6-7,9-10,12-13,19H,8H2,1-5H3. The van der Waals surface area contributed by atoms with Crippen LogP contribution in [0.3, 0.4) is 0 Å². The Kier molecular flexibility index (Phi) is 7.15. The number of ether oxygens (including phenoxy) is 1. The van der Waals surface area contributed by atoms with Crippen molar-refractivity contribution in [2.45, 2.75) is 52.7 Å². The first-order valence-electron chi connectivity index (χ1n) is 9.27. The van der Waals surface area contributed by atoms with E-state index in [1.54, 1.807) is 39.0 Å². The maximum atomic E-state index is 12.9. The van der Waals surface area contributed by atoms with E-state index >= 15 is 0 Å². The predicted octanol–water partition coefficient (Wildman–Crippen LogP) is 5.62. The highest BCUT2D eigenvalue weighted by Gasteiger charge is 2.29. The van der Waals surface area contributed by atoms with Gasteiger partial charge >= 0.3 is 5.97 Å². The van der Waals surface area contributed by atoms with E-state index in [9.17, 15) is 14.9 Å². The molecule has 0 aliphatic rings. The third kappa shape index (κ3) is 5.85. The van der Waals surface area contributed by atoms with Crippen molar-refractivity contribution in [1.29, 1.82) is 5.26 Å². The van der Waals surface area contributed by atoms with Crippen LogP contribution in [0.4, 0.5) is 0 Å². The molecule has 0 fully saturated rings. The van der Waals surface area contributed by atoms with Gasteiger partial charge in [-0.05, 0) is 51.3 Å². The SMILES string of the molecule is CC(C)CC(C(=O)OC(C)(C)C)n1cc(Cl)c(-c2cc(Cl)ccc2C#N)cc1=O. The summed E-state index contributed by atoms with van der Waals surface area (Å²) >= 11 is 12.5. The minimum atomic E-state index is -0.803. The summed E-state index contributed by atoms with van der Waals surface area (Å²) in [5.74, 6) is -0.339. The number of halogens is 2. The Hall–Kier alpha value is -2.29. The van der Waals surface area contributed by atoms with Crippen LogP contribution in [0.2, 0.25) is 10.0 Å². The third-order valence-corrected chi connectivity index (χ3v) is 4.67. The fourth-order valence-corrected chi connectivity index (χ4v) is 3.38. The van der Waals surface area contributed by atoms with Gasteiger partial charge in [-0.25, -0.2) is 4.79 Å². The average molecular weight is 435 g/mol. The highest BCUT2D eigenvalue weighted by Crippen LogP contribution is 2.32. The van der Waals surface area contributed by atoms with E-state index in [4.69, 9.17) is 27.9 Å². The van der Waals surface area contributed by atoms with Crippen LogP contribution in [0.15, 0.2) is 35.3 Å². The lowest BCUT2D eigenvalue weighted by Gasteiger charge is -2.26. The van der Waals surface area contributed by atoms with Crippen LogP contribution in [-0.2, 0) is 9.53 Å². The molecule has 1 aromatic heterocycles. The molecule has 1 aromatic carbocycles. The molecule has 1 heterocycles. The van der Waals surface area contributed by atoms with E-state index in [-0.39, 0.29) is 10.9 Å². The van der Waals surface area contributed by atoms with Crippen molar-refractivity contribution in [3.8, 4) is 17.2 Å². The Labute approximate surface area is 180 Å². The van der Waals surface area contributed by atoms with Crippen LogP contribution in [0, 0.1) is 17.2 Å². The van der Waals surface area contributed by atoms with Crippen LogP contribution in [0.25, 0.3) is 11.1 Å². The van der Waals surface area contributed by atoms with Crippen LogP contribution in [0.1, 0.15) is 52.6 Å². The molecular formula is C22H24Cl2N2O3. The summed E-state index contributed by atoms with van der Waals surface area (Å²) in [6, 6.07) is 7.35. The first-order valence-corrected chi connectivity index (χ1v) is 10.0. The summed E-state index contributed by atoms with van der Waals surface area (Å²) in [5.41, 5.74) is 0.109. The molecule has 1 atom stereocenters. The number of hydrogen-bond donors (Lipinski definition) is 0.